The molecule has 0 saturated heterocycles. The van der Waals surface area contributed by atoms with Crippen LogP contribution < -0.4 is 5.73 Å². The largest absolute Gasteiger partial charge is 0.318 e. The van der Waals surface area contributed by atoms with Crippen LogP contribution in [0.3, 0.4) is 0 Å². The van der Waals surface area contributed by atoms with E-state index in [1.807, 2.05) is 0 Å². The van der Waals surface area contributed by atoms with Crippen LogP contribution in [0.2, 0.25) is 10.2 Å². The van der Waals surface area contributed by atoms with Crippen LogP contribution in [0.4, 0.5) is 0 Å². The Morgan fingerprint density at radius 2 is 2.23 bits per heavy atom. The van der Waals surface area contributed by atoms with Crippen LogP contribution >= 0.6 is 23.2 Å². The van der Waals surface area contributed by atoms with Gasteiger partial charge in [0.2, 0.25) is 0 Å². The minimum Gasteiger partial charge on any atom is -0.318 e. The summed E-state index contributed by atoms with van der Waals surface area (Å²) >= 11 is 11.3. The first-order valence-corrected chi connectivity index (χ1v) is 4.35. The predicted molar refractivity (Wildman–Crippen MR) is 51.9 cm³/mol. The maximum absolute atomic E-state index is 10.9. The summed E-state index contributed by atoms with van der Waals surface area (Å²) in [6.45, 7) is 1.41. The van der Waals surface area contributed by atoms with Crippen molar-refractivity contribution in [2.75, 3.05) is 0 Å². The first kappa shape index (κ1) is 10.4. The van der Waals surface area contributed by atoms with Crippen molar-refractivity contribution in [3.63, 3.8) is 0 Å². The fourth-order valence-corrected chi connectivity index (χ4v) is 1.12. The monoisotopic (exact) mass is 218 g/mol. The van der Waals surface area contributed by atoms with E-state index in [0.29, 0.717) is 10.6 Å². The summed E-state index contributed by atoms with van der Waals surface area (Å²) in [5, 5.41) is 0.511. The Morgan fingerprint density at radius 1 is 1.62 bits per heavy atom. The molecule has 2 N–H and O–H groups in total. The highest BCUT2D eigenvalue weighted by Crippen LogP contribution is 2.22. The summed E-state index contributed by atoms with van der Waals surface area (Å²) in [6.07, 6.45) is 1.44. The van der Waals surface area contributed by atoms with Crippen LogP contribution in [0, 0.1) is 0 Å². The Hall–Kier alpha value is -0.640. The molecule has 1 heterocycles. The van der Waals surface area contributed by atoms with E-state index in [9.17, 15) is 4.79 Å². The molecule has 0 fully saturated rings. The normalized spacial score (nSPS) is 12.6. The van der Waals surface area contributed by atoms with Crippen molar-refractivity contribution < 1.29 is 4.79 Å². The maximum Gasteiger partial charge on any atom is 0.151 e. The molecule has 1 aromatic heterocycles. The average Bonchev–Trinajstić information content (AvgIpc) is 2.08. The number of pyridine rings is 1. The van der Waals surface area contributed by atoms with E-state index in [-0.39, 0.29) is 10.9 Å². The number of nitrogens with zero attached hydrogens (tertiary/aromatic N) is 1. The fourth-order valence-electron chi connectivity index (χ4n) is 0.841. The molecule has 0 aromatic carbocycles. The van der Waals surface area contributed by atoms with E-state index in [1.54, 1.807) is 6.07 Å². The van der Waals surface area contributed by atoms with Gasteiger partial charge in [-0.1, -0.05) is 23.2 Å². The SMILES string of the molecule is CC(=O)C(N)c1cnc(Cl)c(Cl)c1. The van der Waals surface area contributed by atoms with Gasteiger partial charge in [-0.3, -0.25) is 4.79 Å². The van der Waals surface area contributed by atoms with E-state index in [4.69, 9.17) is 28.9 Å². The molecule has 70 valence electrons. The van der Waals surface area contributed by atoms with E-state index in [1.165, 1.54) is 13.1 Å². The van der Waals surface area contributed by atoms with Gasteiger partial charge < -0.3 is 5.73 Å². The van der Waals surface area contributed by atoms with Crippen molar-refractivity contribution in [2.24, 2.45) is 5.73 Å². The Balaban J connectivity index is 3.03. The van der Waals surface area contributed by atoms with Crippen LogP contribution in [-0.4, -0.2) is 10.8 Å². The van der Waals surface area contributed by atoms with Gasteiger partial charge in [0.1, 0.15) is 5.15 Å². The summed E-state index contributed by atoms with van der Waals surface area (Å²) in [4.78, 5) is 14.7. The number of halogens is 2. The molecule has 0 amide bonds. The van der Waals surface area contributed by atoms with Gasteiger partial charge in [-0.2, -0.15) is 0 Å². The highest BCUT2D eigenvalue weighted by atomic mass is 35.5. The molecule has 0 saturated carbocycles. The molecular formula is C8H8Cl2N2O. The quantitative estimate of drug-likeness (QED) is 0.773. The predicted octanol–water partition coefficient (Wildman–Crippen LogP) is 1.98. The highest BCUT2D eigenvalue weighted by molar-refractivity contribution is 6.41. The third-order valence-corrected chi connectivity index (χ3v) is 2.30. The van der Waals surface area contributed by atoms with Crippen molar-refractivity contribution in [3.8, 4) is 0 Å². The first-order valence-electron chi connectivity index (χ1n) is 3.59. The highest BCUT2D eigenvalue weighted by Gasteiger charge is 2.12. The zero-order valence-corrected chi connectivity index (χ0v) is 8.43. The fraction of sp³-hybridized carbons (Fsp3) is 0.250. The molecule has 3 nitrogen and oxygen atoms in total. The minimum absolute atomic E-state index is 0.139. The van der Waals surface area contributed by atoms with Gasteiger partial charge in [0, 0.05) is 6.20 Å². The number of ketones is 1. The molecule has 0 radical (unpaired) electrons. The Labute approximate surface area is 85.9 Å². The van der Waals surface area contributed by atoms with Crippen LogP contribution in [0.25, 0.3) is 0 Å². The van der Waals surface area contributed by atoms with E-state index in [2.05, 4.69) is 4.98 Å². The molecule has 1 unspecified atom stereocenters. The lowest BCUT2D eigenvalue weighted by Gasteiger charge is -2.07. The van der Waals surface area contributed by atoms with Gasteiger partial charge in [0.05, 0.1) is 11.1 Å². The molecule has 0 aliphatic rings. The zero-order chi connectivity index (χ0) is 10.0. The third kappa shape index (κ3) is 2.40. The van der Waals surface area contributed by atoms with Gasteiger partial charge in [-0.05, 0) is 18.6 Å². The van der Waals surface area contributed by atoms with Gasteiger partial charge in [0.15, 0.2) is 5.78 Å². The molecule has 0 bridgehead atoms. The Morgan fingerprint density at radius 3 is 2.69 bits per heavy atom. The number of aromatic nitrogens is 1. The summed E-state index contributed by atoms with van der Waals surface area (Å²) in [5.41, 5.74) is 6.14. The summed E-state index contributed by atoms with van der Waals surface area (Å²) < 4.78 is 0. The summed E-state index contributed by atoms with van der Waals surface area (Å²) in [5.74, 6) is -0.139. The molecule has 1 rings (SSSR count). The van der Waals surface area contributed by atoms with Crippen LogP contribution in [0.15, 0.2) is 12.3 Å². The lowest BCUT2D eigenvalue weighted by atomic mass is 10.1. The van der Waals surface area contributed by atoms with Gasteiger partial charge in [-0.25, -0.2) is 4.98 Å². The smallest absolute Gasteiger partial charge is 0.151 e. The number of carbonyl (C=O) groups is 1. The molecule has 0 aliphatic heterocycles. The van der Waals surface area contributed by atoms with Crippen LogP contribution in [-0.2, 0) is 4.79 Å². The molecule has 0 aliphatic carbocycles. The van der Waals surface area contributed by atoms with Crippen molar-refractivity contribution in [1.29, 1.82) is 0 Å². The van der Waals surface area contributed by atoms with E-state index in [0.717, 1.165) is 0 Å². The number of hydrogen-bond acceptors (Lipinski definition) is 3. The second-order valence-corrected chi connectivity index (χ2v) is 3.39. The zero-order valence-electron chi connectivity index (χ0n) is 6.92. The number of carbonyl (C=O) groups excluding carboxylic acids is 1. The van der Waals surface area contributed by atoms with Crippen LogP contribution in [0.5, 0.6) is 0 Å². The number of Topliss-reactive ketones (excluding diaryl/α,β-unsaturated/α-hetero) is 1. The third-order valence-electron chi connectivity index (χ3n) is 1.61. The molecule has 1 aromatic rings. The maximum atomic E-state index is 10.9. The van der Waals surface area contributed by atoms with E-state index >= 15 is 0 Å². The van der Waals surface area contributed by atoms with Crippen molar-refractivity contribution in [3.05, 3.63) is 28.0 Å². The molecule has 0 spiro atoms. The van der Waals surface area contributed by atoms with Crippen molar-refractivity contribution in [1.82, 2.24) is 4.98 Å². The van der Waals surface area contributed by atoms with Gasteiger partial charge in [-0.15, -0.1) is 0 Å². The Bertz CT molecular complexity index is 341. The van der Waals surface area contributed by atoms with Crippen LogP contribution in [0.1, 0.15) is 18.5 Å². The minimum atomic E-state index is -0.678. The number of hydrogen-bond donors (Lipinski definition) is 1. The second kappa shape index (κ2) is 4.05. The second-order valence-electron chi connectivity index (χ2n) is 2.63. The topological polar surface area (TPSA) is 56.0 Å². The van der Waals surface area contributed by atoms with E-state index < -0.39 is 6.04 Å². The Kier molecular flexibility index (Phi) is 3.25. The molecule has 1 atom stereocenters. The number of nitrogens with two attached hydrogens (primary N) is 1. The number of rotatable bonds is 2. The van der Waals surface area contributed by atoms with Gasteiger partial charge >= 0.3 is 0 Å². The summed E-state index contributed by atoms with van der Waals surface area (Å²) in [7, 11) is 0. The molecular weight excluding hydrogens is 211 g/mol. The van der Waals surface area contributed by atoms with Crippen molar-refractivity contribution in [2.45, 2.75) is 13.0 Å². The standard InChI is InChI=1S/C8H8Cl2N2O/c1-4(13)7(11)5-2-6(9)8(10)12-3-5/h2-3,7H,11H2,1H3. The average molecular weight is 219 g/mol. The molecule has 5 heteroatoms. The first-order chi connectivity index (χ1) is 6.02. The summed E-state index contributed by atoms with van der Waals surface area (Å²) in [6, 6.07) is 0.866. The van der Waals surface area contributed by atoms with Crippen molar-refractivity contribution >= 4 is 29.0 Å². The van der Waals surface area contributed by atoms with Gasteiger partial charge in [0.25, 0.3) is 0 Å². The lowest BCUT2D eigenvalue weighted by molar-refractivity contribution is -0.118. The lowest BCUT2D eigenvalue weighted by Crippen LogP contribution is -2.18. The molecule has 13 heavy (non-hydrogen) atoms.